The van der Waals surface area contributed by atoms with E-state index in [2.05, 4.69) is 25.7 Å². The Balaban J connectivity index is 1.25. The number of amides is 1. The zero-order chi connectivity index (χ0) is 22.1. The summed E-state index contributed by atoms with van der Waals surface area (Å²) < 4.78 is 0. The minimum atomic E-state index is -0.153. The fourth-order valence-electron chi connectivity index (χ4n) is 4.75. The molecule has 2 aromatic carbocycles. The average Bonchev–Trinajstić information content (AvgIpc) is 3.35. The molecule has 162 valence electrons. The highest BCUT2D eigenvalue weighted by molar-refractivity contribution is 5.95. The highest BCUT2D eigenvalue weighted by atomic mass is 16.1. The van der Waals surface area contributed by atoms with Crippen LogP contribution in [-0.4, -0.2) is 32.3 Å². The topological polar surface area (TPSA) is 104 Å². The summed E-state index contributed by atoms with van der Waals surface area (Å²) in [6.45, 7) is 2.01. The van der Waals surface area contributed by atoms with E-state index < -0.39 is 0 Å². The molecule has 0 spiro atoms. The number of rotatable bonds is 4. The Morgan fingerprint density at radius 3 is 2.56 bits per heavy atom. The number of hydrogen-bond acceptors (Lipinski definition) is 4. The van der Waals surface area contributed by atoms with Gasteiger partial charge in [0.25, 0.3) is 11.5 Å². The maximum absolute atomic E-state index is 12.8. The van der Waals surface area contributed by atoms with Crippen molar-refractivity contribution in [1.82, 2.24) is 25.7 Å². The standard InChI is InChI=1S/C25H25N5O2/c1-15-12-17(8-11-20(15)18-13-26-27-14-18)24(31)28-19-9-6-16(7-10-19)23-21-4-2-3-5-22(21)25(32)30-29-23/h2-5,8,11-14,16,19H,6-7,9-10H2,1H3,(H,26,27)(H,28,31)(H,30,32)/t16-,19-. The van der Waals surface area contributed by atoms with Gasteiger partial charge in [0, 0.05) is 34.7 Å². The third-order valence-corrected chi connectivity index (χ3v) is 6.47. The van der Waals surface area contributed by atoms with Crippen molar-refractivity contribution in [3.05, 3.63) is 82.0 Å². The Bertz CT molecular complexity index is 1320. The Morgan fingerprint density at radius 2 is 1.84 bits per heavy atom. The van der Waals surface area contributed by atoms with Crippen molar-refractivity contribution in [2.24, 2.45) is 0 Å². The van der Waals surface area contributed by atoms with Crippen LogP contribution in [0, 0.1) is 6.92 Å². The first kappa shape index (κ1) is 20.2. The molecule has 2 heterocycles. The smallest absolute Gasteiger partial charge is 0.272 e. The van der Waals surface area contributed by atoms with Gasteiger partial charge in [0.1, 0.15) is 0 Å². The van der Waals surface area contributed by atoms with E-state index in [0.717, 1.165) is 53.5 Å². The fraction of sp³-hybridized carbons (Fsp3) is 0.280. The number of hydrogen-bond donors (Lipinski definition) is 3. The molecule has 5 rings (SSSR count). The fourth-order valence-corrected chi connectivity index (χ4v) is 4.75. The van der Waals surface area contributed by atoms with Crippen LogP contribution >= 0.6 is 0 Å². The van der Waals surface area contributed by atoms with Crippen LogP contribution < -0.4 is 10.9 Å². The van der Waals surface area contributed by atoms with Crippen molar-refractivity contribution in [3.8, 4) is 11.1 Å². The van der Waals surface area contributed by atoms with Crippen LogP contribution in [-0.2, 0) is 0 Å². The van der Waals surface area contributed by atoms with Gasteiger partial charge in [0.05, 0.1) is 17.3 Å². The van der Waals surface area contributed by atoms with Crippen molar-refractivity contribution in [1.29, 1.82) is 0 Å². The maximum atomic E-state index is 12.8. The van der Waals surface area contributed by atoms with E-state index in [4.69, 9.17) is 0 Å². The Kier molecular flexibility index (Phi) is 5.31. The Morgan fingerprint density at radius 1 is 1.06 bits per heavy atom. The summed E-state index contributed by atoms with van der Waals surface area (Å²) in [5.74, 6) is 0.240. The van der Waals surface area contributed by atoms with Crippen molar-refractivity contribution < 1.29 is 4.79 Å². The molecule has 0 aliphatic heterocycles. The van der Waals surface area contributed by atoms with Crippen molar-refractivity contribution >= 4 is 16.7 Å². The van der Waals surface area contributed by atoms with Crippen molar-refractivity contribution in [2.75, 3.05) is 0 Å². The van der Waals surface area contributed by atoms with Crippen LogP contribution in [0.5, 0.6) is 0 Å². The van der Waals surface area contributed by atoms with E-state index in [0.29, 0.717) is 10.9 Å². The molecule has 1 aliphatic rings. The molecular formula is C25H25N5O2. The number of aromatic amines is 2. The number of fused-ring (bicyclic) bond motifs is 1. The zero-order valence-electron chi connectivity index (χ0n) is 17.9. The van der Waals surface area contributed by atoms with Crippen LogP contribution in [0.2, 0.25) is 0 Å². The number of carbonyl (C=O) groups is 1. The second-order valence-corrected chi connectivity index (χ2v) is 8.52. The first-order valence-corrected chi connectivity index (χ1v) is 11.0. The first-order chi connectivity index (χ1) is 15.6. The molecule has 0 radical (unpaired) electrons. The molecule has 32 heavy (non-hydrogen) atoms. The molecule has 7 nitrogen and oxygen atoms in total. The van der Waals surface area contributed by atoms with Crippen LogP contribution in [0.3, 0.4) is 0 Å². The molecular weight excluding hydrogens is 402 g/mol. The molecule has 0 unspecified atom stereocenters. The van der Waals surface area contributed by atoms with Gasteiger partial charge in [0.15, 0.2) is 0 Å². The summed E-state index contributed by atoms with van der Waals surface area (Å²) in [4.78, 5) is 24.9. The summed E-state index contributed by atoms with van der Waals surface area (Å²) in [6, 6.07) is 13.5. The van der Waals surface area contributed by atoms with Crippen LogP contribution in [0.25, 0.3) is 21.9 Å². The number of nitrogens with zero attached hydrogens (tertiary/aromatic N) is 2. The molecule has 7 heteroatoms. The molecule has 0 saturated heterocycles. The number of H-pyrrole nitrogens is 2. The predicted octanol–water partition coefficient (Wildman–Crippen LogP) is 4.08. The SMILES string of the molecule is Cc1cc(C(=O)N[C@H]2CC[C@H](c3n[nH]c(=O)c4ccccc43)CC2)ccc1-c1cn[nH]c1. The normalized spacial score (nSPS) is 18.5. The molecule has 1 aliphatic carbocycles. The van der Waals surface area contributed by atoms with Gasteiger partial charge in [-0.25, -0.2) is 5.10 Å². The molecule has 1 saturated carbocycles. The van der Waals surface area contributed by atoms with E-state index >= 15 is 0 Å². The van der Waals surface area contributed by atoms with Crippen LogP contribution in [0.4, 0.5) is 0 Å². The molecule has 1 amide bonds. The zero-order valence-corrected chi connectivity index (χ0v) is 17.9. The van der Waals surface area contributed by atoms with E-state index in [1.807, 2.05) is 55.6 Å². The van der Waals surface area contributed by atoms with Gasteiger partial charge in [-0.3, -0.25) is 14.7 Å². The third kappa shape index (κ3) is 3.82. The lowest BCUT2D eigenvalue weighted by molar-refractivity contribution is 0.0925. The summed E-state index contributed by atoms with van der Waals surface area (Å²) in [5, 5.41) is 18.6. The second-order valence-electron chi connectivity index (χ2n) is 8.52. The molecule has 2 aromatic heterocycles. The lowest BCUT2D eigenvalue weighted by atomic mass is 9.82. The van der Waals surface area contributed by atoms with E-state index in [9.17, 15) is 9.59 Å². The highest BCUT2D eigenvalue weighted by Crippen LogP contribution is 2.34. The maximum Gasteiger partial charge on any atom is 0.272 e. The predicted molar refractivity (Wildman–Crippen MR) is 124 cm³/mol. The van der Waals surface area contributed by atoms with Gasteiger partial charge in [-0.1, -0.05) is 24.3 Å². The summed E-state index contributed by atoms with van der Waals surface area (Å²) in [7, 11) is 0. The Hall–Kier alpha value is -3.74. The van der Waals surface area contributed by atoms with Gasteiger partial charge in [-0.15, -0.1) is 0 Å². The third-order valence-electron chi connectivity index (χ3n) is 6.47. The second kappa shape index (κ2) is 8.42. The monoisotopic (exact) mass is 427 g/mol. The largest absolute Gasteiger partial charge is 0.349 e. The van der Waals surface area contributed by atoms with E-state index in [1.165, 1.54) is 0 Å². The van der Waals surface area contributed by atoms with Crippen LogP contribution in [0.1, 0.15) is 53.2 Å². The Labute approximate surface area is 185 Å². The van der Waals surface area contributed by atoms with E-state index in [1.54, 1.807) is 6.20 Å². The quantitative estimate of drug-likeness (QED) is 0.457. The highest BCUT2D eigenvalue weighted by Gasteiger charge is 2.26. The molecule has 4 aromatic rings. The summed E-state index contributed by atoms with van der Waals surface area (Å²) in [5.41, 5.74) is 4.59. The summed E-state index contributed by atoms with van der Waals surface area (Å²) >= 11 is 0. The number of aryl methyl sites for hydroxylation is 1. The molecule has 0 atom stereocenters. The molecule has 0 bridgehead atoms. The molecule has 1 fully saturated rings. The number of aromatic nitrogens is 4. The van der Waals surface area contributed by atoms with Gasteiger partial charge in [0.2, 0.25) is 0 Å². The minimum absolute atomic E-state index is 0.0390. The lowest BCUT2D eigenvalue weighted by Crippen LogP contribution is -2.37. The number of benzene rings is 2. The number of carbonyl (C=O) groups excluding carboxylic acids is 1. The summed E-state index contributed by atoms with van der Waals surface area (Å²) in [6.07, 6.45) is 7.25. The van der Waals surface area contributed by atoms with Crippen LogP contribution in [0.15, 0.2) is 59.7 Å². The van der Waals surface area contributed by atoms with Crippen molar-refractivity contribution in [3.63, 3.8) is 0 Å². The molecule has 3 N–H and O–H groups in total. The van der Waals surface area contributed by atoms with Gasteiger partial charge >= 0.3 is 0 Å². The number of nitrogens with one attached hydrogen (secondary N) is 3. The lowest BCUT2D eigenvalue weighted by Gasteiger charge is -2.29. The van der Waals surface area contributed by atoms with Gasteiger partial charge < -0.3 is 5.32 Å². The van der Waals surface area contributed by atoms with Gasteiger partial charge in [-0.05, 0) is 61.9 Å². The minimum Gasteiger partial charge on any atom is -0.349 e. The average molecular weight is 428 g/mol. The van der Waals surface area contributed by atoms with Gasteiger partial charge in [-0.2, -0.15) is 10.2 Å². The first-order valence-electron chi connectivity index (χ1n) is 11.0. The van der Waals surface area contributed by atoms with Crippen molar-refractivity contribution in [2.45, 2.75) is 44.6 Å². The van der Waals surface area contributed by atoms with E-state index in [-0.39, 0.29) is 23.4 Å².